The highest BCUT2D eigenvalue weighted by molar-refractivity contribution is 5.95. The maximum atomic E-state index is 12.8. The second-order valence-corrected chi connectivity index (χ2v) is 6.89. The molecule has 0 bridgehead atoms. The van der Waals surface area contributed by atoms with Gasteiger partial charge in [-0.05, 0) is 43.7 Å². The molecule has 5 heteroatoms. The Hall–Kier alpha value is -1.62. The van der Waals surface area contributed by atoms with Gasteiger partial charge in [0.2, 0.25) is 0 Å². The third-order valence-corrected chi connectivity index (χ3v) is 5.29. The molecule has 1 amide bonds. The number of piperidine rings is 1. The summed E-state index contributed by atoms with van der Waals surface area (Å²) in [6.07, 6.45) is 8.69. The first-order valence-corrected chi connectivity index (χ1v) is 8.78. The van der Waals surface area contributed by atoms with Crippen LogP contribution in [-0.2, 0) is 0 Å². The van der Waals surface area contributed by atoms with Crippen LogP contribution in [0.4, 0.5) is 5.82 Å². The predicted molar refractivity (Wildman–Crippen MR) is 90.6 cm³/mol. The lowest BCUT2D eigenvalue weighted by molar-refractivity contribution is 0.0620. The van der Waals surface area contributed by atoms with E-state index in [9.17, 15) is 9.90 Å². The number of aliphatic hydroxyl groups is 1. The molecule has 5 nitrogen and oxygen atoms in total. The lowest BCUT2D eigenvalue weighted by atomic mass is 9.98. The van der Waals surface area contributed by atoms with Crippen LogP contribution in [0.3, 0.4) is 0 Å². The summed E-state index contributed by atoms with van der Waals surface area (Å²) in [5.74, 6) is 1.17. The molecule has 0 spiro atoms. The van der Waals surface area contributed by atoms with Gasteiger partial charge in [-0.25, -0.2) is 4.98 Å². The van der Waals surface area contributed by atoms with Gasteiger partial charge in [-0.15, -0.1) is 0 Å². The first-order chi connectivity index (χ1) is 11.2. The van der Waals surface area contributed by atoms with Crippen molar-refractivity contribution in [2.75, 3.05) is 31.6 Å². The number of aromatic nitrogens is 1. The number of amides is 1. The third-order valence-electron chi connectivity index (χ3n) is 5.29. The van der Waals surface area contributed by atoms with Crippen molar-refractivity contribution < 1.29 is 9.90 Å². The summed E-state index contributed by atoms with van der Waals surface area (Å²) in [7, 11) is 2.08. The highest BCUT2D eigenvalue weighted by Crippen LogP contribution is 2.26. The van der Waals surface area contributed by atoms with Gasteiger partial charge in [0.25, 0.3) is 5.91 Å². The minimum atomic E-state index is 0.0617. The van der Waals surface area contributed by atoms with Crippen molar-refractivity contribution in [3.8, 4) is 0 Å². The molecular formula is C18H27N3O2. The first-order valence-electron chi connectivity index (χ1n) is 8.78. The van der Waals surface area contributed by atoms with E-state index in [2.05, 4.69) is 16.9 Å². The highest BCUT2D eigenvalue weighted by Gasteiger charge is 2.25. The van der Waals surface area contributed by atoms with E-state index in [4.69, 9.17) is 0 Å². The van der Waals surface area contributed by atoms with E-state index in [1.54, 1.807) is 12.3 Å². The van der Waals surface area contributed by atoms with Crippen LogP contribution in [0.5, 0.6) is 0 Å². The van der Waals surface area contributed by atoms with Gasteiger partial charge in [0.05, 0.1) is 0 Å². The van der Waals surface area contributed by atoms with Crippen LogP contribution in [0.2, 0.25) is 0 Å². The standard InChI is InChI=1S/C18H27N3O2/c1-20(16-6-2-3-7-16)17-11-15(8-9-19-17)18(23)21-10-4-5-14(12-21)13-22/h8-9,11,14,16,22H,2-7,10,12-13H2,1H3/t14-/m0/s1. The fourth-order valence-electron chi connectivity index (χ4n) is 3.80. The number of hydrogen-bond donors (Lipinski definition) is 1. The molecule has 1 aliphatic heterocycles. The Kier molecular flexibility index (Phi) is 5.16. The maximum absolute atomic E-state index is 12.8. The molecule has 1 aromatic heterocycles. The van der Waals surface area contributed by atoms with Gasteiger partial charge in [0.1, 0.15) is 5.82 Å². The van der Waals surface area contributed by atoms with E-state index >= 15 is 0 Å². The van der Waals surface area contributed by atoms with Crippen molar-refractivity contribution in [2.24, 2.45) is 5.92 Å². The van der Waals surface area contributed by atoms with Gasteiger partial charge >= 0.3 is 0 Å². The molecule has 0 radical (unpaired) electrons. The van der Waals surface area contributed by atoms with E-state index in [0.717, 1.165) is 25.2 Å². The molecule has 2 aliphatic rings. The summed E-state index contributed by atoms with van der Waals surface area (Å²) in [5.41, 5.74) is 0.707. The molecule has 1 aromatic rings. The van der Waals surface area contributed by atoms with Crippen LogP contribution in [-0.4, -0.2) is 53.7 Å². The third kappa shape index (κ3) is 3.66. The number of aliphatic hydroxyl groups excluding tert-OH is 1. The molecule has 23 heavy (non-hydrogen) atoms. The van der Waals surface area contributed by atoms with Gasteiger partial charge in [-0.1, -0.05) is 12.8 Å². The van der Waals surface area contributed by atoms with E-state index in [0.29, 0.717) is 18.2 Å². The van der Waals surface area contributed by atoms with Gasteiger partial charge in [0.15, 0.2) is 0 Å². The lowest BCUT2D eigenvalue weighted by Gasteiger charge is -2.32. The van der Waals surface area contributed by atoms with Crippen LogP contribution in [0.15, 0.2) is 18.3 Å². The van der Waals surface area contributed by atoms with Crippen molar-refractivity contribution in [3.63, 3.8) is 0 Å². The fraction of sp³-hybridized carbons (Fsp3) is 0.667. The average Bonchev–Trinajstić information content (AvgIpc) is 3.15. The van der Waals surface area contributed by atoms with E-state index < -0.39 is 0 Å². The zero-order valence-electron chi connectivity index (χ0n) is 13.9. The topological polar surface area (TPSA) is 56.7 Å². The van der Waals surface area contributed by atoms with Crippen LogP contribution in [0, 0.1) is 5.92 Å². The molecule has 1 atom stereocenters. The smallest absolute Gasteiger partial charge is 0.254 e. The SMILES string of the molecule is CN(c1cc(C(=O)N2CCC[C@H](CO)C2)ccn1)C1CCCC1. The molecule has 126 valence electrons. The molecule has 0 aromatic carbocycles. The Morgan fingerprint density at radius 1 is 1.35 bits per heavy atom. The van der Waals surface area contributed by atoms with Crippen LogP contribution >= 0.6 is 0 Å². The van der Waals surface area contributed by atoms with Crippen molar-refractivity contribution in [1.29, 1.82) is 0 Å². The number of carbonyl (C=O) groups is 1. The normalized spacial score (nSPS) is 22.3. The molecule has 0 unspecified atom stereocenters. The second-order valence-electron chi connectivity index (χ2n) is 6.89. The summed E-state index contributed by atoms with van der Waals surface area (Å²) < 4.78 is 0. The molecule has 1 saturated heterocycles. The van der Waals surface area contributed by atoms with Crippen molar-refractivity contribution in [1.82, 2.24) is 9.88 Å². The number of carbonyl (C=O) groups excluding carboxylic acids is 1. The van der Waals surface area contributed by atoms with Gasteiger partial charge in [0, 0.05) is 44.5 Å². The number of nitrogens with zero attached hydrogens (tertiary/aromatic N) is 3. The quantitative estimate of drug-likeness (QED) is 0.926. The van der Waals surface area contributed by atoms with Crippen molar-refractivity contribution >= 4 is 11.7 Å². The Labute approximate surface area is 138 Å². The minimum absolute atomic E-state index is 0.0617. The predicted octanol–water partition coefficient (Wildman–Crippen LogP) is 2.30. The van der Waals surface area contributed by atoms with E-state index in [1.165, 1.54) is 25.7 Å². The van der Waals surface area contributed by atoms with E-state index in [-0.39, 0.29) is 18.4 Å². The van der Waals surface area contributed by atoms with Crippen LogP contribution in [0.1, 0.15) is 48.9 Å². The highest BCUT2D eigenvalue weighted by atomic mass is 16.3. The molecule has 3 rings (SSSR count). The summed E-state index contributed by atoms with van der Waals surface area (Å²) in [6, 6.07) is 4.27. The molecule has 1 N–H and O–H groups in total. The maximum Gasteiger partial charge on any atom is 0.254 e. The number of hydrogen-bond acceptors (Lipinski definition) is 4. The Morgan fingerprint density at radius 2 is 2.13 bits per heavy atom. The van der Waals surface area contributed by atoms with E-state index in [1.807, 2.05) is 11.0 Å². The summed E-state index contributed by atoms with van der Waals surface area (Å²) >= 11 is 0. The minimum Gasteiger partial charge on any atom is -0.396 e. The molecular weight excluding hydrogens is 290 g/mol. The van der Waals surface area contributed by atoms with Crippen molar-refractivity contribution in [2.45, 2.75) is 44.6 Å². The molecule has 2 heterocycles. The first kappa shape index (κ1) is 16.2. The monoisotopic (exact) mass is 317 g/mol. The van der Waals surface area contributed by atoms with Gasteiger partial charge in [-0.3, -0.25) is 4.79 Å². The number of pyridine rings is 1. The number of likely N-dealkylation sites (tertiary alicyclic amines) is 1. The van der Waals surface area contributed by atoms with Crippen molar-refractivity contribution in [3.05, 3.63) is 23.9 Å². The van der Waals surface area contributed by atoms with Gasteiger partial charge in [-0.2, -0.15) is 0 Å². The summed E-state index contributed by atoms with van der Waals surface area (Å²) in [6.45, 7) is 1.60. The molecule has 1 saturated carbocycles. The van der Waals surface area contributed by atoms with Crippen LogP contribution in [0.25, 0.3) is 0 Å². The number of rotatable bonds is 4. The zero-order valence-corrected chi connectivity index (χ0v) is 13.9. The van der Waals surface area contributed by atoms with Crippen LogP contribution < -0.4 is 4.90 Å². The molecule has 1 aliphatic carbocycles. The Balaban J connectivity index is 1.72. The Bertz CT molecular complexity index is 543. The summed E-state index contributed by atoms with van der Waals surface area (Å²) in [4.78, 5) is 21.3. The lowest BCUT2D eigenvalue weighted by Crippen LogP contribution is -2.41. The second kappa shape index (κ2) is 7.30. The molecule has 2 fully saturated rings. The van der Waals surface area contributed by atoms with Gasteiger partial charge < -0.3 is 14.9 Å². The Morgan fingerprint density at radius 3 is 2.87 bits per heavy atom. The fourth-order valence-corrected chi connectivity index (χ4v) is 3.80. The number of anilines is 1. The largest absolute Gasteiger partial charge is 0.396 e. The zero-order chi connectivity index (χ0) is 16.2. The average molecular weight is 317 g/mol. The summed E-state index contributed by atoms with van der Waals surface area (Å²) in [5, 5.41) is 9.34.